The van der Waals surface area contributed by atoms with Gasteiger partial charge in [-0.2, -0.15) is 12.9 Å². The van der Waals surface area contributed by atoms with E-state index in [1.807, 2.05) is 0 Å². The van der Waals surface area contributed by atoms with E-state index < -0.39 is 31.3 Å². The van der Waals surface area contributed by atoms with E-state index in [4.69, 9.17) is 29.4 Å². The van der Waals surface area contributed by atoms with Gasteiger partial charge in [0.15, 0.2) is 0 Å². The second-order valence-electron chi connectivity index (χ2n) is 2.16. The van der Waals surface area contributed by atoms with Gasteiger partial charge in [-0.1, -0.05) is 0 Å². The fourth-order valence-corrected chi connectivity index (χ4v) is 4.40. The van der Waals surface area contributed by atoms with Gasteiger partial charge in [-0.3, -0.25) is 0 Å². The molecule has 0 aliphatic rings. The van der Waals surface area contributed by atoms with Crippen LogP contribution in [0.2, 0.25) is 0 Å². The predicted molar refractivity (Wildman–Crippen MR) is 104 cm³/mol. The van der Waals surface area contributed by atoms with E-state index in [2.05, 4.69) is 12.9 Å². The van der Waals surface area contributed by atoms with Crippen LogP contribution in [0.25, 0.3) is 0 Å². The van der Waals surface area contributed by atoms with Crippen LogP contribution in [0.15, 0.2) is 0 Å². The molecule has 0 saturated heterocycles. The number of hydrogen-bond acceptors (Lipinski definition) is 7. The van der Waals surface area contributed by atoms with Gasteiger partial charge in [0.25, 0.3) is 0 Å². The maximum atomic E-state index is 10.7. The molecule has 0 aromatic rings. The summed E-state index contributed by atoms with van der Waals surface area (Å²) in [4.78, 5) is 49.4. The molecule has 0 aromatic carbocycles. The molecule has 0 spiro atoms. The van der Waals surface area contributed by atoms with Crippen LogP contribution in [0.5, 0.6) is 0 Å². The summed E-state index contributed by atoms with van der Waals surface area (Å²) < 4.78 is 50.9. The Morgan fingerprint density at radius 3 is 0.680 bits per heavy atom. The first-order chi connectivity index (χ1) is 7.12. The van der Waals surface area contributed by atoms with Crippen LogP contribution >= 0.6 is 31.3 Å². The first-order valence-corrected chi connectivity index (χ1v) is 9.08. The van der Waals surface area contributed by atoms with E-state index in [-0.39, 0.29) is 236 Å². The molecule has 0 aromatic heterocycles. The van der Waals surface area contributed by atoms with Crippen LogP contribution in [-0.4, -0.2) is 266 Å². The van der Waals surface area contributed by atoms with Gasteiger partial charge in [0.05, 0.1) is 0 Å². The molecule has 2 unspecified atom stereocenters. The minimum absolute atomic E-state index is 0. The topological polar surface area (TPSA) is 217 Å². The van der Waals surface area contributed by atoms with Gasteiger partial charge in [0.2, 0.25) is 0 Å². The van der Waals surface area contributed by atoms with Gasteiger partial charge in [0.1, 0.15) is 0 Å². The van der Waals surface area contributed by atoms with E-state index in [0.717, 1.165) is 0 Å². The van der Waals surface area contributed by atoms with Crippen molar-refractivity contribution in [1.29, 1.82) is 0 Å². The molecule has 2 atom stereocenters. The summed E-state index contributed by atoms with van der Waals surface area (Å²) in [7, 11) is -22.6. The molecule has 0 amide bonds. The van der Waals surface area contributed by atoms with Gasteiger partial charge in [-0.25, -0.2) is 18.3 Å². The summed E-state index contributed by atoms with van der Waals surface area (Å²) in [5.74, 6) is 0. The van der Waals surface area contributed by atoms with Crippen molar-refractivity contribution in [2.24, 2.45) is 0 Å². The van der Waals surface area contributed by atoms with Crippen LogP contribution < -0.4 is 0 Å². The third-order valence-corrected chi connectivity index (χ3v) is 5.63. The SMILES string of the molecule is O=P(O)(O)OP(=O)(O)OP(=O)(O)OP(=O)(O)O.[NaH].[NaH].[NaH].[NaH].[NaH].[NaH].[NaH].[NaH]. The Labute approximate surface area is 320 Å². The van der Waals surface area contributed by atoms with Crippen LogP contribution in [0.4, 0.5) is 0 Å². The monoisotopic (exact) mass is 530 g/mol. The van der Waals surface area contributed by atoms with E-state index in [1.165, 1.54) is 0 Å². The summed E-state index contributed by atoms with van der Waals surface area (Å²) in [5, 5.41) is 0. The van der Waals surface area contributed by atoms with E-state index in [9.17, 15) is 18.3 Å². The Hall–Kier alpha value is 8.56. The summed E-state index contributed by atoms with van der Waals surface area (Å²) >= 11 is 0. The molecule has 0 saturated carbocycles. The number of hydrogen-bond donors (Lipinski definition) is 6. The zero-order valence-electron chi connectivity index (χ0n) is 7.33. The zero-order chi connectivity index (χ0) is 14.1. The fraction of sp³-hybridized carbons (Fsp3) is 0. The van der Waals surface area contributed by atoms with Gasteiger partial charge < -0.3 is 29.4 Å². The first kappa shape index (κ1) is 59.0. The Morgan fingerprint density at radius 1 is 0.400 bits per heavy atom. The van der Waals surface area contributed by atoms with Crippen molar-refractivity contribution in [2.45, 2.75) is 0 Å². The van der Waals surface area contributed by atoms with Gasteiger partial charge in [-0.05, 0) is 0 Å². The second-order valence-corrected chi connectivity index (χ2v) is 7.96. The standard InChI is InChI=1S/8Na.H6O13P4.8H/c;;;;;;;;1-14(2,3)11-16(7,8)13-17(9,10)12-15(4,5)6;;;;;;;;/h;;;;;;;;(H,7,8)(H,9,10)(H2,1,2,3)(H2,4,5,6);;;;;;;;. The maximum absolute atomic E-state index is 10.7. The quantitative estimate of drug-likeness (QED) is 0.140. The molecule has 25 heavy (non-hydrogen) atoms. The van der Waals surface area contributed by atoms with Crippen molar-refractivity contribution in [3.8, 4) is 0 Å². The number of rotatable bonds is 6. The van der Waals surface area contributed by atoms with Crippen molar-refractivity contribution in [3.05, 3.63) is 0 Å². The van der Waals surface area contributed by atoms with Crippen molar-refractivity contribution in [1.82, 2.24) is 0 Å². The number of phosphoric acid groups is 4. The van der Waals surface area contributed by atoms with Crippen molar-refractivity contribution in [2.75, 3.05) is 0 Å². The molecule has 0 heterocycles. The van der Waals surface area contributed by atoms with Crippen molar-refractivity contribution >= 4 is 268 Å². The molecule has 0 aliphatic carbocycles. The molecule has 0 bridgehead atoms. The molecule has 0 radical (unpaired) electrons. The molecular weight excluding hydrogens is 516 g/mol. The molecule has 0 rings (SSSR count). The van der Waals surface area contributed by atoms with E-state index in [1.54, 1.807) is 0 Å². The third-order valence-electron chi connectivity index (χ3n) is 0.625. The van der Waals surface area contributed by atoms with Gasteiger partial charge >= 0.3 is 268 Å². The fourth-order valence-electron chi connectivity index (χ4n) is 0.429. The average molecular weight is 530 g/mol. The Balaban J connectivity index is -0.0000000457. The van der Waals surface area contributed by atoms with Crippen LogP contribution in [-0.2, 0) is 31.2 Å². The van der Waals surface area contributed by atoms with E-state index >= 15 is 0 Å². The third kappa shape index (κ3) is 43.1. The first-order valence-electron chi connectivity index (χ1n) is 3.03. The minimum atomic E-state index is -5.77. The molecule has 120 valence electrons. The molecule has 6 N–H and O–H groups in total. The Kier molecular flexibility index (Phi) is 60.5. The summed E-state index contributed by atoms with van der Waals surface area (Å²) in [6, 6.07) is 0. The summed E-state index contributed by atoms with van der Waals surface area (Å²) in [6.45, 7) is 0. The van der Waals surface area contributed by atoms with E-state index in [0.29, 0.717) is 0 Å². The van der Waals surface area contributed by atoms with Gasteiger partial charge in [-0.15, -0.1) is 0 Å². The molecular formula is H14Na8O13P4. The van der Waals surface area contributed by atoms with Crippen molar-refractivity contribution < 1.29 is 60.6 Å². The van der Waals surface area contributed by atoms with Crippen LogP contribution in [0, 0.1) is 0 Å². The Bertz CT molecular complexity index is 425. The van der Waals surface area contributed by atoms with Crippen LogP contribution in [0.1, 0.15) is 0 Å². The molecule has 25 heteroatoms. The molecule has 0 fully saturated rings. The van der Waals surface area contributed by atoms with Gasteiger partial charge in [0, 0.05) is 0 Å². The summed E-state index contributed by atoms with van der Waals surface area (Å²) in [6.07, 6.45) is 0. The van der Waals surface area contributed by atoms with Crippen LogP contribution in [0.3, 0.4) is 0 Å². The van der Waals surface area contributed by atoms with Crippen molar-refractivity contribution in [3.63, 3.8) is 0 Å². The summed E-state index contributed by atoms with van der Waals surface area (Å²) in [5.41, 5.74) is 0. The normalized spacial score (nSPS) is 14.0. The average Bonchev–Trinajstić information content (AvgIpc) is 1.65. The molecule has 13 nitrogen and oxygen atoms in total. The molecule has 0 aliphatic heterocycles. The predicted octanol–water partition coefficient (Wildman–Crippen LogP) is -5.77. The zero-order valence-corrected chi connectivity index (χ0v) is 10.9. The second kappa shape index (κ2) is 25.6. The Morgan fingerprint density at radius 2 is 0.560 bits per heavy atom.